The van der Waals surface area contributed by atoms with Crippen molar-refractivity contribution in [3.63, 3.8) is 0 Å². The molecule has 0 amide bonds. The van der Waals surface area contributed by atoms with E-state index in [1.54, 1.807) is 12.1 Å². The molecule has 108 valence electrons. The van der Waals surface area contributed by atoms with Gasteiger partial charge in [0.15, 0.2) is 0 Å². The fourth-order valence-electron chi connectivity index (χ4n) is 2.70. The van der Waals surface area contributed by atoms with Gasteiger partial charge in [-0.05, 0) is 48.2 Å². The Kier molecular flexibility index (Phi) is 3.87. The second kappa shape index (κ2) is 5.66. The zero-order valence-electron chi connectivity index (χ0n) is 11.0. The van der Waals surface area contributed by atoms with Crippen LogP contribution in [-0.4, -0.2) is 4.92 Å². The van der Waals surface area contributed by atoms with E-state index in [1.807, 2.05) is 6.07 Å². The first-order valence-corrected chi connectivity index (χ1v) is 7.70. The summed E-state index contributed by atoms with van der Waals surface area (Å²) in [5.41, 5.74) is 2.99. The summed E-state index contributed by atoms with van der Waals surface area (Å²) < 4.78 is 1.05. The summed E-state index contributed by atoms with van der Waals surface area (Å²) in [6.07, 6.45) is 1.89. The fourth-order valence-corrected chi connectivity index (χ4v) is 3.28. The van der Waals surface area contributed by atoms with Crippen molar-refractivity contribution in [1.82, 2.24) is 0 Å². The smallest absolute Gasteiger partial charge is 0.293 e. The van der Waals surface area contributed by atoms with E-state index in [-0.39, 0.29) is 11.7 Å². The molecule has 0 radical (unpaired) electrons. The maximum Gasteiger partial charge on any atom is 0.293 e. The van der Waals surface area contributed by atoms with Gasteiger partial charge in [-0.3, -0.25) is 10.1 Å². The molecule has 0 saturated carbocycles. The zero-order valence-corrected chi connectivity index (χ0v) is 13.3. The predicted molar refractivity (Wildman–Crippen MR) is 86.9 cm³/mol. The van der Waals surface area contributed by atoms with Crippen molar-refractivity contribution in [1.29, 1.82) is 0 Å². The van der Waals surface area contributed by atoms with E-state index >= 15 is 0 Å². The molecule has 3 rings (SSSR count). The standard InChI is InChI=1S/C15H12BrClN2O2/c16-10-2-4-12-9(7-10)1-5-13(12)18-14-6-3-11(17)8-15(14)19(20)21/h2-4,6-8,13,18H,1,5H2. The number of rotatable bonds is 3. The van der Waals surface area contributed by atoms with Crippen LogP contribution in [-0.2, 0) is 6.42 Å². The SMILES string of the molecule is O=[N+]([O-])c1cc(Cl)ccc1NC1CCc2cc(Br)ccc21. The summed E-state index contributed by atoms with van der Waals surface area (Å²) in [4.78, 5) is 10.7. The first-order valence-electron chi connectivity index (χ1n) is 6.53. The Labute approximate surface area is 135 Å². The number of nitrogens with one attached hydrogen (secondary N) is 1. The van der Waals surface area contributed by atoms with Crippen LogP contribution in [0.3, 0.4) is 0 Å². The van der Waals surface area contributed by atoms with Crippen LogP contribution < -0.4 is 5.32 Å². The third kappa shape index (κ3) is 2.89. The number of anilines is 1. The third-order valence-corrected chi connectivity index (χ3v) is 4.40. The minimum Gasteiger partial charge on any atom is -0.373 e. The molecular weight excluding hydrogens is 356 g/mol. The van der Waals surface area contributed by atoms with Crippen molar-refractivity contribution in [2.75, 3.05) is 5.32 Å². The predicted octanol–water partition coefficient (Wildman–Crippen LogP) is 5.11. The number of hydrogen-bond acceptors (Lipinski definition) is 3. The topological polar surface area (TPSA) is 55.2 Å². The molecule has 1 aliphatic rings. The molecule has 2 aromatic rings. The third-order valence-electron chi connectivity index (χ3n) is 3.67. The van der Waals surface area contributed by atoms with E-state index in [4.69, 9.17) is 11.6 Å². The number of aryl methyl sites for hydroxylation is 1. The number of nitro groups is 1. The van der Waals surface area contributed by atoms with E-state index < -0.39 is 4.92 Å². The lowest BCUT2D eigenvalue weighted by Gasteiger charge is -2.15. The lowest BCUT2D eigenvalue weighted by Crippen LogP contribution is -2.08. The first-order chi connectivity index (χ1) is 10.0. The number of hydrogen-bond donors (Lipinski definition) is 1. The van der Waals surface area contributed by atoms with Crippen LogP contribution in [0.25, 0.3) is 0 Å². The molecule has 0 fully saturated rings. The maximum absolute atomic E-state index is 11.1. The van der Waals surface area contributed by atoms with Crippen LogP contribution in [0.5, 0.6) is 0 Å². The minimum atomic E-state index is -0.411. The molecule has 0 aromatic heterocycles. The Morgan fingerprint density at radius 3 is 2.86 bits per heavy atom. The van der Waals surface area contributed by atoms with Gasteiger partial charge in [0.05, 0.1) is 11.0 Å². The number of nitro benzene ring substituents is 1. The number of nitrogens with zero attached hydrogens (tertiary/aromatic N) is 1. The molecule has 6 heteroatoms. The van der Waals surface area contributed by atoms with Crippen LogP contribution in [0.1, 0.15) is 23.6 Å². The van der Waals surface area contributed by atoms with Crippen molar-refractivity contribution in [2.24, 2.45) is 0 Å². The van der Waals surface area contributed by atoms with E-state index in [0.717, 1.165) is 17.3 Å². The van der Waals surface area contributed by atoms with Gasteiger partial charge in [0.25, 0.3) is 5.69 Å². The lowest BCUT2D eigenvalue weighted by molar-refractivity contribution is -0.384. The zero-order chi connectivity index (χ0) is 15.0. The molecule has 0 aliphatic heterocycles. The Balaban J connectivity index is 1.91. The molecular formula is C15H12BrClN2O2. The second-order valence-corrected chi connectivity index (χ2v) is 6.35. The summed E-state index contributed by atoms with van der Waals surface area (Å²) in [5.74, 6) is 0. The van der Waals surface area contributed by atoms with Gasteiger partial charge in [0, 0.05) is 15.6 Å². The lowest BCUT2D eigenvalue weighted by atomic mass is 10.1. The summed E-state index contributed by atoms with van der Waals surface area (Å²) in [7, 11) is 0. The fraction of sp³-hybridized carbons (Fsp3) is 0.200. The molecule has 21 heavy (non-hydrogen) atoms. The van der Waals surface area contributed by atoms with Crippen LogP contribution in [0.4, 0.5) is 11.4 Å². The van der Waals surface area contributed by atoms with Gasteiger partial charge in [0.2, 0.25) is 0 Å². The molecule has 0 bridgehead atoms. The Morgan fingerprint density at radius 2 is 2.10 bits per heavy atom. The molecule has 1 atom stereocenters. The van der Waals surface area contributed by atoms with Crippen molar-refractivity contribution in [3.05, 3.63) is 67.1 Å². The van der Waals surface area contributed by atoms with Crippen molar-refractivity contribution in [3.8, 4) is 0 Å². The molecule has 1 N–H and O–H groups in total. The molecule has 0 heterocycles. The molecule has 0 saturated heterocycles. The highest BCUT2D eigenvalue weighted by Gasteiger charge is 2.25. The van der Waals surface area contributed by atoms with Gasteiger partial charge in [-0.1, -0.05) is 33.6 Å². The Hall–Kier alpha value is -1.59. The van der Waals surface area contributed by atoms with Gasteiger partial charge < -0.3 is 5.32 Å². The van der Waals surface area contributed by atoms with E-state index in [0.29, 0.717) is 10.7 Å². The average molecular weight is 368 g/mol. The summed E-state index contributed by atoms with van der Waals surface area (Å²) in [5, 5.41) is 14.8. The summed E-state index contributed by atoms with van der Waals surface area (Å²) in [6.45, 7) is 0. The highest BCUT2D eigenvalue weighted by atomic mass is 79.9. The van der Waals surface area contributed by atoms with Crippen molar-refractivity contribution >= 4 is 38.9 Å². The number of benzene rings is 2. The second-order valence-electron chi connectivity index (χ2n) is 5.00. The van der Waals surface area contributed by atoms with Crippen molar-refractivity contribution < 1.29 is 4.92 Å². The highest BCUT2D eigenvalue weighted by molar-refractivity contribution is 9.10. The van der Waals surface area contributed by atoms with Gasteiger partial charge in [-0.25, -0.2) is 0 Å². The van der Waals surface area contributed by atoms with Crippen molar-refractivity contribution in [2.45, 2.75) is 18.9 Å². The average Bonchev–Trinajstić information content (AvgIpc) is 2.82. The maximum atomic E-state index is 11.1. The molecule has 1 unspecified atom stereocenters. The van der Waals surface area contributed by atoms with Gasteiger partial charge >= 0.3 is 0 Å². The minimum absolute atomic E-state index is 0.00746. The molecule has 1 aliphatic carbocycles. The first kappa shape index (κ1) is 14.4. The molecule has 4 nitrogen and oxygen atoms in total. The van der Waals surface area contributed by atoms with E-state index in [2.05, 4.69) is 33.4 Å². The largest absolute Gasteiger partial charge is 0.373 e. The Morgan fingerprint density at radius 1 is 1.29 bits per heavy atom. The van der Waals surface area contributed by atoms with E-state index in [9.17, 15) is 10.1 Å². The van der Waals surface area contributed by atoms with Crippen LogP contribution in [0.2, 0.25) is 5.02 Å². The highest BCUT2D eigenvalue weighted by Crippen LogP contribution is 2.38. The van der Waals surface area contributed by atoms with Gasteiger partial charge in [-0.2, -0.15) is 0 Å². The number of fused-ring (bicyclic) bond motifs is 1. The monoisotopic (exact) mass is 366 g/mol. The molecule has 2 aromatic carbocycles. The van der Waals surface area contributed by atoms with Gasteiger partial charge in [-0.15, -0.1) is 0 Å². The summed E-state index contributed by atoms with van der Waals surface area (Å²) >= 11 is 9.30. The van der Waals surface area contributed by atoms with Gasteiger partial charge in [0.1, 0.15) is 5.69 Å². The normalized spacial score (nSPS) is 16.6. The Bertz CT molecular complexity index is 721. The molecule has 0 spiro atoms. The summed E-state index contributed by atoms with van der Waals surface area (Å²) in [6, 6.07) is 11.0. The van der Waals surface area contributed by atoms with Crippen LogP contribution in [0, 0.1) is 10.1 Å². The van der Waals surface area contributed by atoms with Crippen LogP contribution in [0.15, 0.2) is 40.9 Å². The number of halogens is 2. The van der Waals surface area contributed by atoms with E-state index in [1.165, 1.54) is 17.2 Å². The quantitative estimate of drug-likeness (QED) is 0.606. The van der Waals surface area contributed by atoms with Crippen LogP contribution >= 0.6 is 27.5 Å².